The van der Waals surface area contributed by atoms with Gasteiger partial charge in [0.25, 0.3) is 5.56 Å². The van der Waals surface area contributed by atoms with E-state index in [9.17, 15) is 19.2 Å². The Morgan fingerprint density at radius 2 is 1.96 bits per heavy atom. The second-order valence-corrected chi connectivity index (χ2v) is 6.41. The average molecular weight is 380 g/mol. The quantitative estimate of drug-likeness (QED) is 0.743. The summed E-state index contributed by atoms with van der Waals surface area (Å²) in [6.45, 7) is 0. The molecule has 120 valence electrons. The van der Waals surface area contributed by atoms with Crippen LogP contribution in [0.15, 0.2) is 32.3 Å². The van der Waals surface area contributed by atoms with Gasteiger partial charge in [0, 0.05) is 17.9 Å². The lowest BCUT2D eigenvalue weighted by Crippen LogP contribution is -2.46. The number of carbonyl (C=O) groups excluding carboxylic acids is 2. The van der Waals surface area contributed by atoms with Crippen LogP contribution in [-0.4, -0.2) is 20.9 Å². The van der Waals surface area contributed by atoms with Gasteiger partial charge in [-0.05, 0) is 31.0 Å². The topological polar surface area (TPSA) is 90.2 Å². The fraction of sp³-hybridized carbons (Fsp3) is 0.333. The lowest BCUT2D eigenvalue weighted by atomic mass is 10.1. The van der Waals surface area contributed by atoms with Gasteiger partial charge in [0.15, 0.2) is 0 Å². The highest BCUT2D eigenvalue weighted by molar-refractivity contribution is 9.10. The number of aromatic nitrogens is 2. The maximum Gasteiger partial charge on any atom is 0.331 e. The van der Waals surface area contributed by atoms with Gasteiger partial charge in [-0.1, -0.05) is 15.9 Å². The highest BCUT2D eigenvalue weighted by Gasteiger charge is 2.29. The van der Waals surface area contributed by atoms with E-state index in [4.69, 9.17) is 0 Å². The van der Waals surface area contributed by atoms with Crippen molar-refractivity contribution >= 4 is 38.6 Å². The molecule has 1 fully saturated rings. The molecule has 1 atom stereocenters. The van der Waals surface area contributed by atoms with E-state index in [-0.39, 0.29) is 18.7 Å². The number of halogens is 1. The van der Waals surface area contributed by atoms with Crippen molar-refractivity contribution in [3.8, 4) is 0 Å². The second-order valence-electron chi connectivity index (χ2n) is 5.50. The molecule has 7 nitrogen and oxygen atoms in total. The summed E-state index contributed by atoms with van der Waals surface area (Å²) in [5, 5.41) is 2.57. The third-order valence-electron chi connectivity index (χ3n) is 4.02. The Hall–Kier alpha value is -2.22. The van der Waals surface area contributed by atoms with Crippen LogP contribution in [0.2, 0.25) is 0 Å². The molecule has 3 rings (SSSR count). The number of nitrogens with zero attached hydrogens (tertiary/aromatic N) is 2. The number of hydrogen-bond acceptors (Lipinski definition) is 4. The smallest absolute Gasteiger partial charge is 0.296 e. The SMILES string of the molecule is Cn1c(=O)n(C2CCCC(=O)NC2=O)c(=O)c2ccc(Br)cc21. The predicted molar refractivity (Wildman–Crippen MR) is 87.2 cm³/mol. The van der Waals surface area contributed by atoms with E-state index in [0.717, 1.165) is 9.04 Å². The zero-order valence-corrected chi connectivity index (χ0v) is 13.9. The molecule has 2 amide bonds. The molecule has 1 N–H and O–H groups in total. The molecule has 1 unspecified atom stereocenters. The third kappa shape index (κ3) is 2.63. The summed E-state index contributed by atoms with van der Waals surface area (Å²) < 4.78 is 3.03. The molecule has 8 heteroatoms. The lowest BCUT2D eigenvalue weighted by molar-refractivity contribution is -0.131. The van der Waals surface area contributed by atoms with Crippen molar-refractivity contribution in [1.29, 1.82) is 0 Å². The first-order valence-electron chi connectivity index (χ1n) is 7.14. The molecular weight excluding hydrogens is 366 g/mol. The van der Waals surface area contributed by atoms with Crippen molar-refractivity contribution in [1.82, 2.24) is 14.5 Å². The van der Waals surface area contributed by atoms with Crippen LogP contribution in [-0.2, 0) is 16.6 Å². The van der Waals surface area contributed by atoms with Crippen LogP contribution in [0.3, 0.4) is 0 Å². The molecule has 2 heterocycles. The van der Waals surface area contributed by atoms with Gasteiger partial charge in [-0.25, -0.2) is 9.36 Å². The van der Waals surface area contributed by atoms with E-state index in [2.05, 4.69) is 21.2 Å². The summed E-state index contributed by atoms with van der Waals surface area (Å²) in [5.74, 6) is -0.991. The Kier molecular flexibility index (Phi) is 3.93. The number of fused-ring (bicyclic) bond motifs is 1. The molecule has 1 aliphatic heterocycles. The Morgan fingerprint density at radius 1 is 1.22 bits per heavy atom. The maximum atomic E-state index is 12.7. The molecule has 1 saturated heterocycles. The number of imide groups is 1. The van der Waals surface area contributed by atoms with Crippen LogP contribution < -0.4 is 16.6 Å². The highest BCUT2D eigenvalue weighted by atomic mass is 79.9. The van der Waals surface area contributed by atoms with Crippen LogP contribution >= 0.6 is 15.9 Å². The average Bonchev–Trinajstić information content (AvgIpc) is 2.66. The number of aryl methyl sites for hydroxylation is 1. The van der Waals surface area contributed by atoms with E-state index in [1.807, 2.05) is 0 Å². The number of carbonyl (C=O) groups is 2. The first-order valence-corrected chi connectivity index (χ1v) is 7.94. The van der Waals surface area contributed by atoms with Crippen molar-refractivity contribution in [2.24, 2.45) is 7.05 Å². The molecule has 23 heavy (non-hydrogen) atoms. The van der Waals surface area contributed by atoms with E-state index in [1.165, 1.54) is 4.57 Å². The molecule has 0 aliphatic carbocycles. The third-order valence-corrected chi connectivity index (χ3v) is 4.51. The van der Waals surface area contributed by atoms with Crippen molar-refractivity contribution in [3.05, 3.63) is 43.5 Å². The largest absolute Gasteiger partial charge is 0.331 e. The number of amides is 2. The van der Waals surface area contributed by atoms with Gasteiger partial charge in [-0.2, -0.15) is 0 Å². The molecule has 0 bridgehead atoms. The molecule has 0 radical (unpaired) electrons. The van der Waals surface area contributed by atoms with E-state index >= 15 is 0 Å². The molecule has 1 aromatic heterocycles. The standard InChI is InChI=1S/C15H14BrN3O4/c1-18-11-7-8(16)5-6-9(11)14(22)19(15(18)23)10-3-2-4-12(20)17-13(10)21/h5-7,10H,2-4H2,1H3,(H,17,20,21). The first kappa shape index (κ1) is 15.7. The first-order chi connectivity index (χ1) is 10.9. The molecule has 2 aromatic rings. The van der Waals surface area contributed by atoms with Gasteiger partial charge >= 0.3 is 5.69 Å². The van der Waals surface area contributed by atoms with Gasteiger partial charge in [-0.3, -0.25) is 24.3 Å². The Labute approximate surface area is 139 Å². The minimum Gasteiger partial charge on any atom is -0.296 e. The minimum absolute atomic E-state index is 0.206. The van der Waals surface area contributed by atoms with E-state index in [0.29, 0.717) is 17.3 Å². The van der Waals surface area contributed by atoms with Crippen LogP contribution in [0.1, 0.15) is 25.3 Å². The summed E-state index contributed by atoms with van der Waals surface area (Å²) in [4.78, 5) is 49.0. The van der Waals surface area contributed by atoms with Crippen molar-refractivity contribution in [2.75, 3.05) is 0 Å². The minimum atomic E-state index is -0.972. The highest BCUT2D eigenvalue weighted by Crippen LogP contribution is 2.19. The molecule has 1 aliphatic rings. The zero-order valence-electron chi connectivity index (χ0n) is 12.3. The van der Waals surface area contributed by atoms with Crippen LogP contribution in [0, 0.1) is 0 Å². The monoisotopic (exact) mass is 379 g/mol. The summed E-state index contributed by atoms with van der Waals surface area (Å²) in [6.07, 6.45) is 0.919. The number of hydrogen-bond donors (Lipinski definition) is 1. The van der Waals surface area contributed by atoms with E-state index < -0.39 is 23.2 Å². The number of rotatable bonds is 1. The lowest BCUT2D eigenvalue weighted by Gasteiger charge is -2.17. The fourth-order valence-corrected chi connectivity index (χ4v) is 3.18. The summed E-state index contributed by atoms with van der Waals surface area (Å²) in [6, 6.07) is 4.02. The summed E-state index contributed by atoms with van der Waals surface area (Å²) in [7, 11) is 1.55. The van der Waals surface area contributed by atoms with Crippen LogP contribution in [0.4, 0.5) is 0 Å². The second kappa shape index (κ2) is 5.77. The zero-order chi connectivity index (χ0) is 16.7. The van der Waals surface area contributed by atoms with Crippen molar-refractivity contribution in [2.45, 2.75) is 25.3 Å². The Bertz CT molecular complexity index is 944. The van der Waals surface area contributed by atoms with Gasteiger partial charge in [0.1, 0.15) is 6.04 Å². The fourth-order valence-electron chi connectivity index (χ4n) is 2.84. The van der Waals surface area contributed by atoms with Crippen molar-refractivity contribution in [3.63, 3.8) is 0 Å². The predicted octanol–water partition coefficient (Wildman–Crippen LogP) is 0.831. The Morgan fingerprint density at radius 3 is 2.70 bits per heavy atom. The van der Waals surface area contributed by atoms with Gasteiger partial charge in [0.2, 0.25) is 11.8 Å². The van der Waals surface area contributed by atoms with Crippen molar-refractivity contribution < 1.29 is 9.59 Å². The maximum absolute atomic E-state index is 12.7. The molecular formula is C15H14BrN3O4. The number of benzene rings is 1. The molecule has 0 saturated carbocycles. The number of nitrogens with one attached hydrogen (secondary N) is 1. The van der Waals surface area contributed by atoms with E-state index in [1.54, 1.807) is 25.2 Å². The molecule has 1 aromatic carbocycles. The van der Waals surface area contributed by atoms with Gasteiger partial charge in [0.05, 0.1) is 10.9 Å². The van der Waals surface area contributed by atoms with Crippen LogP contribution in [0.5, 0.6) is 0 Å². The van der Waals surface area contributed by atoms with Gasteiger partial charge < -0.3 is 0 Å². The van der Waals surface area contributed by atoms with Crippen LogP contribution in [0.25, 0.3) is 10.9 Å². The van der Waals surface area contributed by atoms with Gasteiger partial charge in [-0.15, -0.1) is 0 Å². The normalized spacial score (nSPS) is 18.8. The Balaban J connectivity index is 2.28. The molecule has 0 spiro atoms. The summed E-state index contributed by atoms with van der Waals surface area (Å²) in [5.41, 5.74) is -0.615. The summed E-state index contributed by atoms with van der Waals surface area (Å²) >= 11 is 3.31.